The van der Waals surface area contributed by atoms with Crippen molar-refractivity contribution in [3.8, 4) is 0 Å². The molecule has 0 aromatic heterocycles. The molecular formula is C21H24O2. The Balaban J connectivity index is 1.61. The van der Waals surface area contributed by atoms with Crippen LogP contribution in [-0.4, -0.2) is 11.1 Å². The molecular weight excluding hydrogens is 284 g/mol. The Morgan fingerprint density at radius 3 is 2.35 bits per heavy atom. The summed E-state index contributed by atoms with van der Waals surface area (Å²) in [6.07, 6.45) is 10.9. The zero-order valence-electron chi connectivity index (χ0n) is 13.4. The number of carboxylic acids is 1. The van der Waals surface area contributed by atoms with Crippen LogP contribution in [0.5, 0.6) is 0 Å². The molecule has 0 bridgehead atoms. The van der Waals surface area contributed by atoms with Crippen molar-refractivity contribution in [2.45, 2.75) is 38.5 Å². The van der Waals surface area contributed by atoms with Crippen molar-refractivity contribution in [1.29, 1.82) is 0 Å². The van der Waals surface area contributed by atoms with Gasteiger partial charge in [-0.2, -0.15) is 0 Å². The predicted octanol–water partition coefficient (Wildman–Crippen LogP) is 5.59. The monoisotopic (exact) mass is 308 g/mol. The summed E-state index contributed by atoms with van der Waals surface area (Å²) in [7, 11) is 0. The summed E-state index contributed by atoms with van der Waals surface area (Å²) in [5.41, 5.74) is 2.64. The minimum Gasteiger partial charge on any atom is -0.478 e. The van der Waals surface area contributed by atoms with Crippen molar-refractivity contribution in [2.75, 3.05) is 0 Å². The first-order chi connectivity index (χ1) is 11.3. The van der Waals surface area contributed by atoms with Crippen molar-refractivity contribution < 1.29 is 9.90 Å². The van der Waals surface area contributed by atoms with Crippen molar-refractivity contribution in [1.82, 2.24) is 0 Å². The van der Waals surface area contributed by atoms with Crippen molar-refractivity contribution in [3.05, 3.63) is 77.4 Å². The Hall–Kier alpha value is -2.35. The predicted molar refractivity (Wildman–Crippen MR) is 95.7 cm³/mol. The third-order valence-corrected chi connectivity index (χ3v) is 3.92. The zero-order chi connectivity index (χ0) is 16.3. The van der Waals surface area contributed by atoms with Gasteiger partial charge in [0.05, 0.1) is 5.56 Å². The fourth-order valence-electron chi connectivity index (χ4n) is 2.66. The van der Waals surface area contributed by atoms with Gasteiger partial charge in [-0.05, 0) is 42.9 Å². The molecule has 0 fully saturated rings. The van der Waals surface area contributed by atoms with E-state index < -0.39 is 5.97 Å². The minimum absolute atomic E-state index is 0.443. The Labute approximate surface area is 138 Å². The number of hydrogen-bond acceptors (Lipinski definition) is 1. The Bertz CT molecular complexity index is 629. The van der Waals surface area contributed by atoms with Crippen molar-refractivity contribution in [2.24, 2.45) is 0 Å². The average Bonchev–Trinajstić information content (AvgIpc) is 2.58. The van der Waals surface area contributed by atoms with Crippen LogP contribution in [-0.2, 0) is 6.42 Å². The molecule has 0 aliphatic carbocycles. The Morgan fingerprint density at radius 1 is 0.870 bits per heavy atom. The molecule has 2 aromatic carbocycles. The highest BCUT2D eigenvalue weighted by atomic mass is 16.4. The number of hydrogen-bond donors (Lipinski definition) is 1. The molecule has 23 heavy (non-hydrogen) atoms. The second kappa shape index (κ2) is 9.62. The molecule has 0 saturated carbocycles. The van der Waals surface area contributed by atoms with E-state index in [0.717, 1.165) is 31.2 Å². The number of unbranched alkanes of at least 4 members (excludes halogenated alkanes) is 4. The maximum atomic E-state index is 11.1. The minimum atomic E-state index is -0.827. The number of aryl methyl sites for hydroxylation is 1. The second-order valence-corrected chi connectivity index (χ2v) is 5.73. The number of rotatable bonds is 9. The molecule has 1 N–H and O–H groups in total. The van der Waals surface area contributed by atoms with Crippen molar-refractivity contribution in [3.63, 3.8) is 0 Å². The van der Waals surface area contributed by atoms with Gasteiger partial charge in [0.15, 0.2) is 0 Å². The largest absolute Gasteiger partial charge is 0.478 e. The lowest BCUT2D eigenvalue weighted by atomic mass is 10.0. The third-order valence-electron chi connectivity index (χ3n) is 3.92. The van der Waals surface area contributed by atoms with Gasteiger partial charge in [0.25, 0.3) is 0 Å². The first-order valence-electron chi connectivity index (χ1n) is 8.30. The number of carboxylic acid groups (broad SMARTS) is 1. The van der Waals surface area contributed by atoms with Crippen LogP contribution < -0.4 is 0 Å². The summed E-state index contributed by atoms with van der Waals surface area (Å²) < 4.78 is 0. The van der Waals surface area contributed by atoms with Crippen LogP contribution in [0.1, 0.15) is 53.6 Å². The summed E-state index contributed by atoms with van der Waals surface area (Å²) in [6.45, 7) is 0. The van der Waals surface area contributed by atoms with Gasteiger partial charge in [-0.25, -0.2) is 4.79 Å². The Morgan fingerprint density at radius 2 is 1.57 bits per heavy atom. The summed E-state index contributed by atoms with van der Waals surface area (Å²) >= 11 is 0. The van der Waals surface area contributed by atoms with Gasteiger partial charge in [0, 0.05) is 0 Å². The summed E-state index contributed by atoms with van der Waals surface area (Å²) in [5.74, 6) is -0.827. The molecule has 2 aromatic rings. The molecule has 0 radical (unpaired) electrons. The average molecular weight is 308 g/mol. The van der Waals surface area contributed by atoms with E-state index >= 15 is 0 Å². The maximum absolute atomic E-state index is 11.1. The standard InChI is InChI=1S/C21H24O2/c22-21(23)20-17-11-10-16-19(20)15-9-4-2-1-3-6-12-18-13-7-5-8-14-18/h5-8,10-14,16-17H,1-4,9,15H2,(H,22,23)/b12-6-. The van der Waals surface area contributed by atoms with Gasteiger partial charge >= 0.3 is 5.97 Å². The second-order valence-electron chi connectivity index (χ2n) is 5.73. The number of aromatic carboxylic acids is 1. The van der Waals surface area contributed by atoms with E-state index in [0.29, 0.717) is 5.56 Å². The fourth-order valence-corrected chi connectivity index (χ4v) is 2.66. The molecule has 0 aliphatic rings. The summed E-state index contributed by atoms with van der Waals surface area (Å²) in [5, 5.41) is 9.15. The molecule has 0 aliphatic heterocycles. The highest BCUT2D eigenvalue weighted by molar-refractivity contribution is 5.89. The van der Waals surface area contributed by atoms with E-state index in [1.54, 1.807) is 12.1 Å². The van der Waals surface area contributed by atoms with E-state index in [4.69, 9.17) is 5.11 Å². The van der Waals surface area contributed by atoms with Crippen LogP contribution in [0.3, 0.4) is 0 Å². The zero-order valence-corrected chi connectivity index (χ0v) is 13.4. The smallest absolute Gasteiger partial charge is 0.335 e. The van der Waals surface area contributed by atoms with E-state index in [-0.39, 0.29) is 0 Å². The van der Waals surface area contributed by atoms with Gasteiger partial charge < -0.3 is 5.11 Å². The molecule has 2 rings (SSSR count). The van der Waals surface area contributed by atoms with E-state index in [2.05, 4.69) is 36.4 Å². The number of carbonyl (C=O) groups is 1. The van der Waals surface area contributed by atoms with E-state index in [1.165, 1.54) is 18.4 Å². The molecule has 0 amide bonds. The fraction of sp³-hybridized carbons (Fsp3) is 0.286. The van der Waals surface area contributed by atoms with Crippen LogP contribution in [0.2, 0.25) is 0 Å². The number of allylic oxidation sites excluding steroid dienone is 1. The van der Waals surface area contributed by atoms with Crippen LogP contribution in [0.15, 0.2) is 60.7 Å². The molecule has 0 atom stereocenters. The topological polar surface area (TPSA) is 37.3 Å². The molecule has 120 valence electrons. The summed E-state index contributed by atoms with van der Waals surface area (Å²) in [4.78, 5) is 11.1. The van der Waals surface area contributed by atoms with Gasteiger partial charge in [-0.1, -0.05) is 73.5 Å². The van der Waals surface area contributed by atoms with E-state index in [9.17, 15) is 4.79 Å². The highest BCUT2D eigenvalue weighted by Crippen LogP contribution is 2.14. The molecule has 2 nitrogen and oxygen atoms in total. The third kappa shape index (κ3) is 6.11. The molecule has 2 heteroatoms. The first-order valence-corrected chi connectivity index (χ1v) is 8.30. The summed E-state index contributed by atoms with van der Waals surface area (Å²) in [6, 6.07) is 17.6. The van der Waals surface area contributed by atoms with Crippen LogP contribution >= 0.6 is 0 Å². The van der Waals surface area contributed by atoms with Gasteiger partial charge in [0.2, 0.25) is 0 Å². The lowest BCUT2D eigenvalue weighted by Gasteiger charge is -2.05. The highest BCUT2D eigenvalue weighted by Gasteiger charge is 2.07. The van der Waals surface area contributed by atoms with Gasteiger partial charge in [-0.15, -0.1) is 0 Å². The molecule has 0 unspecified atom stereocenters. The van der Waals surface area contributed by atoms with Crippen LogP contribution in [0.4, 0.5) is 0 Å². The van der Waals surface area contributed by atoms with Gasteiger partial charge in [0.1, 0.15) is 0 Å². The van der Waals surface area contributed by atoms with Crippen molar-refractivity contribution >= 4 is 12.0 Å². The van der Waals surface area contributed by atoms with E-state index in [1.807, 2.05) is 18.2 Å². The SMILES string of the molecule is O=C(O)c1ccccc1CCCCCC/C=C\c1ccccc1. The molecule has 0 spiro atoms. The lowest BCUT2D eigenvalue weighted by molar-refractivity contribution is 0.0695. The first kappa shape index (κ1) is 17.0. The quantitative estimate of drug-likeness (QED) is 0.613. The Kier molecular flexibility index (Phi) is 7.12. The molecule has 0 saturated heterocycles. The maximum Gasteiger partial charge on any atom is 0.335 e. The normalized spacial score (nSPS) is 11.0. The van der Waals surface area contributed by atoms with Crippen LogP contribution in [0.25, 0.3) is 6.08 Å². The lowest BCUT2D eigenvalue weighted by Crippen LogP contribution is -2.02. The number of benzene rings is 2. The van der Waals surface area contributed by atoms with Gasteiger partial charge in [-0.3, -0.25) is 0 Å². The molecule has 0 heterocycles. The van der Waals surface area contributed by atoms with Crippen LogP contribution in [0, 0.1) is 0 Å².